The highest BCUT2D eigenvalue weighted by Gasteiger charge is 2.36. The van der Waals surface area contributed by atoms with Gasteiger partial charge in [0.15, 0.2) is 11.5 Å². The van der Waals surface area contributed by atoms with Gasteiger partial charge in [-0.3, -0.25) is 4.90 Å². The minimum atomic E-state index is -4.81. The smallest absolute Gasteiger partial charge is 0.504 e. The van der Waals surface area contributed by atoms with Gasteiger partial charge in [-0.05, 0) is 24.8 Å². The molecule has 0 bridgehead atoms. The quantitative estimate of drug-likeness (QED) is 0.878. The van der Waals surface area contributed by atoms with Crippen LogP contribution >= 0.6 is 0 Å². The molecule has 1 aromatic carbocycles. The summed E-state index contributed by atoms with van der Waals surface area (Å²) < 4.78 is 41.7. The van der Waals surface area contributed by atoms with E-state index in [1.54, 1.807) is 6.07 Å². The largest absolute Gasteiger partial charge is 0.573 e. The molecule has 0 amide bonds. The number of para-hydroxylation sites is 1. The lowest BCUT2D eigenvalue weighted by atomic mass is 9.89. The van der Waals surface area contributed by atoms with Crippen LogP contribution in [0.2, 0.25) is 0 Å². The average molecular weight is 344 g/mol. The Labute approximate surface area is 139 Å². The minimum Gasteiger partial charge on any atom is -0.504 e. The number of hydrogen-bond donors (Lipinski definition) is 2. The van der Waals surface area contributed by atoms with Crippen molar-refractivity contribution in [2.24, 2.45) is 5.92 Å². The Bertz CT molecular complexity index is 553. The molecule has 2 aliphatic rings. The van der Waals surface area contributed by atoms with Crippen molar-refractivity contribution >= 4 is 0 Å². The van der Waals surface area contributed by atoms with Gasteiger partial charge in [-0.2, -0.15) is 0 Å². The van der Waals surface area contributed by atoms with E-state index in [9.17, 15) is 18.3 Å². The van der Waals surface area contributed by atoms with E-state index < -0.39 is 12.1 Å². The summed E-state index contributed by atoms with van der Waals surface area (Å²) in [6.07, 6.45) is -0.468. The Morgan fingerprint density at radius 2 is 1.83 bits per heavy atom. The van der Waals surface area contributed by atoms with Gasteiger partial charge in [-0.25, -0.2) is 0 Å². The third-order valence-corrected chi connectivity index (χ3v) is 4.97. The van der Waals surface area contributed by atoms with Crippen molar-refractivity contribution in [3.63, 3.8) is 0 Å². The van der Waals surface area contributed by atoms with E-state index in [4.69, 9.17) is 0 Å². The molecule has 0 unspecified atom stereocenters. The second-order valence-electron chi connectivity index (χ2n) is 6.52. The molecule has 1 atom stereocenters. The van der Waals surface area contributed by atoms with Gasteiger partial charge in [0.25, 0.3) is 0 Å². The van der Waals surface area contributed by atoms with Crippen LogP contribution in [0.5, 0.6) is 11.5 Å². The van der Waals surface area contributed by atoms with Crippen LogP contribution in [0.4, 0.5) is 13.2 Å². The fourth-order valence-corrected chi connectivity index (χ4v) is 3.97. The standard InChI is InChI=1S/C17H23F3N2O2/c18-17(19,20)24-14-7-3-6-13(16(14)23)15(12-4-1-2-5-12)22-10-8-21-9-11-22/h3,6-7,12,15,21,23H,1-2,4-5,8-11H2/t15-/m1/s1. The molecule has 1 saturated carbocycles. The van der Waals surface area contributed by atoms with Crippen LogP contribution in [0, 0.1) is 5.92 Å². The summed E-state index contributed by atoms with van der Waals surface area (Å²) in [5, 5.41) is 13.7. The van der Waals surface area contributed by atoms with Crippen molar-refractivity contribution in [1.82, 2.24) is 10.2 Å². The third kappa shape index (κ3) is 3.95. The third-order valence-electron chi connectivity index (χ3n) is 4.97. The first-order valence-electron chi connectivity index (χ1n) is 8.48. The number of nitrogens with zero attached hydrogens (tertiary/aromatic N) is 1. The van der Waals surface area contributed by atoms with Crippen molar-refractivity contribution < 1.29 is 23.0 Å². The number of hydrogen-bond acceptors (Lipinski definition) is 4. The molecule has 1 aromatic rings. The number of piperazine rings is 1. The number of nitrogens with one attached hydrogen (secondary N) is 1. The molecule has 2 fully saturated rings. The Hall–Kier alpha value is -1.47. The molecular formula is C17H23F3N2O2. The number of phenols is 1. The van der Waals surface area contributed by atoms with Crippen LogP contribution in [-0.4, -0.2) is 42.5 Å². The molecule has 1 aliphatic heterocycles. The van der Waals surface area contributed by atoms with Gasteiger partial charge in [0.05, 0.1) is 0 Å². The lowest BCUT2D eigenvalue weighted by molar-refractivity contribution is -0.275. The van der Waals surface area contributed by atoms with Crippen molar-refractivity contribution in [1.29, 1.82) is 0 Å². The molecule has 3 rings (SSSR count). The number of benzene rings is 1. The van der Waals surface area contributed by atoms with Gasteiger partial charge in [0, 0.05) is 37.8 Å². The Balaban J connectivity index is 1.93. The number of aromatic hydroxyl groups is 1. The summed E-state index contributed by atoms with van der Waals surface area (Å²) in [7, 11) is 0. The van der Waals surface area contributed by atoms with Crippen LogP contribution < -0.4 is 10.1 Å². The Morgan fingerprint density at radius 1 is 1.17 bits per heavy atom. The molecule has 1 aliphatic carbocycles. The van der Waals surface area contributed by atoms with Gasteiger partial charge in [0.2, 0.25) is 0 Å². The fourth-order valence-electron chi connectivity index (χ4n) is 3.97. The molecule has 0 spiro atoms. The van der Waals surface area contributed by atoms with Crippen LogP contribution in [-0.2, 0) is 0 Å². The van der Waals surface area contributed by atoms with E-state index in [0.717, 1.165) is 57.9 Å². The zero-order valence-corrected chi connectivity index (χ0v) is 13.5. The van der Waals surface area contributed by atoms with Crippen LogP contribution in [0.25, 0.3) is 0 Å². The zero-order valence-electron chi connectivity index (χ0n) is 13.5. The average Bonchev–Trinajstić information content (AvgIpc) is 3.05. The predicted octanol–water partition coefficient (Wildman–Crippen LogP) is 3.43. The summed E-state index contributed by atoms with van der Waals surface area (Å²) in [6, 6.07) is 4.35. The summed E-state index contributed by atoms with van der Waals surface area (Å²) in [5.41, 5.74) is 0.547. The van der Waals surface area contributed by atoms with Gasteiger partial charge in [-0.1, -0.05) is 25.0 Å². The summed E-state index contributed by atoms with van der Waals surface area (Å²) in [6.45, 7) is 3.35. The normalized spacial score (nSPS) is 21.8. The summed E-state index contributed by atoms with van der Waals surface area (Å²) in [4.78, 5) is 2.28. The molecule has 0 aromatic heterocycles. The first kappa shape index (κ1) is 17.4. The molecule has 24 heavy (non-hydrogen) atoms. The minimum absolute atomic E-state index is 0.0635. The summed E-state index contributed by atoms with van der Waals surface area (Å²) in [5.74, 6) is -0.543. The molecule has 2 N–H and O–H groups in total. The zero-order chi connectivity index (χ0) is 17.2. The van der Waals surface area contributed by atoms with E-state index in [0.29, 0.717) is 11.5 Å². The molecule has 0 radical (unpaired) electrons. The first-order valence-corrected chi connectivity index (χ1v) is 8.48. The topological polar surface area (TPSA) is 44.7 Å². The Morgan fingerprint density at radius 3 is 2.46 bits per heavy atom. The fraction of sp³-hybridized carbons (Fsp3) is 0.647. The predicted molar refractivity (Wildman–Crippen MR) is 83.9 cm³/mol. The van der Waals surface area contributed by atoms with Crippen LogP contribution in [0.1, 0.15) is 37.3 Å². The molecule has 1 heterocycles. The monoisotopic (exact) mass is 344 g/mol. The maximum absolute atomic E-state index is 12.6. The van der Waals surface area contributed by atoms with Crippen molar-refractivity contribution in [2.75, 3.05) is 26.2 Å². The molecule has 134 valence electrons. The van der Waals surface area contributed by atoms with E-state index in [2.05, 4.69) is 15.0 Å². The van der Waals surface area contributed by atoms with Crippen LogP contribution in [0.3, 0.4) is 0 Å². The van der Waals surface area contributed by atoms with E-state index in [1.165, 1.54) is 6.07 Å². The highest BCUT2D eigenvalue weighted by molar-refractivity contribution is 5.47. The number of ether oxygens (including phenoxy) is 1. The maximum atomic E-state index is 12.6. The van der Waals surface area contributed by atoms with Crippen LogP contribution in [0.15, 0.2) is 18.2 Å². The first-order chi connectivity index (χ1) is 11.5. The highest BCUT2D eigenvalue weighted by atomic mass is 19.4. The van der Waals surface area contributed by atoms with Crippen molar-refractivity contribution in [2.45, 2.75) is 38.1 Å². The molecule has 4 nitrogen and oxygen atoms in total. The number of alkyl halides is 3. The van der Waals surface area contributed by atoms with E-state index >= 15 is 0 Å². The van der Waals surface area contributed by atoms with Gasteiger partial charge in [-0.15, -0.1) is 13.2 Å². The highest BCUT2D eigenvalue weighted by Crippen LogP contribution is 2.45. The van der Waals surface area contributed by atoms with E-state index in [1.807, 2.05) is 0 Å². The Kier molecular flexibility index (Phi) is 5.20. The van der Waals surface area contributed by atoms with Gasteiger partial charge in [0.1, 0.15) is 0 Å². The van der Waals surface area contributed by atoms with Gasteiger partial charge < -0.3 is 15.2 Å². The van der Waals surface area contributed by atoms with E-state index in [-0.39, 0.29) is 11.8 Å². The number of rotatable bonds is 4. The van der Waals surface area contributed by atoms with Crippen molar-refractivity contribution in [3.8, 4) is 11.5 Å². The molecule has 7 heteroatoms. The second kappa shape index (κ2) is 7.19. The second-order valence-corrected chi connectivity index (χ2v) is 6.52. The van der Waals surface area contributed by atoms with Crippen molar-refractivity contribution in [3.05, 3.63) is 23.8 Å². The number of phenolic OH excluding ortho intramolecular Hbond substituents is 1. The lowest BCUT2D eigenvalue weighted by Crippen LogP contribution is -2.46. The molecule has 1 saturated heterocycles. The SMILES string of the molecule is Oc1c(OC(F)(F)F)cccc1[C@@H](C1CCCC1)N1CCNCC1. The maximum Gasteiger partial charge on any atom is 0.573 e. The number of halogens is 3. The lowest BCUT2D eigenvalue weighted by Gasteiger charge is -2.39. The molecular weight excluding hydrogens is 321 g/mol. The summed E-state index contributed by atoms with van der Waals surface area (Å²) >= 11 is 0. The van der Waals surface area contributed by atoms with Gasteiger partial charge >= 0.3 is 6.36 Å².